The number of guanidine groups is 1. The molecular weight excluding hydrogens is 482 g/mol. The molecule has 0 amide bonds. The number of pyridine rings is 1. The Morgan fingerprint density at radius 3 is 2.66 bits per heavy atom. The summed E-state index contributed by atoms with van der Waals surface area (Å²) in [5.41, 5.74) is 0.922. The molecule has 0 saturated heterocycles. The van der Waals surface area contributed by atoms with Gasteiger partial charge in [0.2, 0.25) is 0 Å². The van der Waals surface area contributed by atoms with Crippen LogP contribution in [0.15, 0.2) is 65.8 Å². The zero-order valence-corrected chi connectivity index (χ0v) is 18.9. The van der Waals surface area contributed by atoms with Gasteiger partial charge in [0, 0.05) is 18.1 Å². The smallest absolute Gasteiger partial charge is 0.191 e. The summed E-state index contributed by atoms with van der Waals surface area (Å²) >= 11 is 0. The van der Waals surface area contributed by atoms with Crippen LogP contribution in [0.25, 0.3) is 10.8 Å². The normalized spacial score (nSPS) is 12.2. The number of aromatic nitrogens is 1. The van der Waals surface area contributed by atoms with E-state index < -0.39 is 0 Å². The van der Waals surface area contributed by atoms with E-state index in [-0.39, 0.29) is 41.6 Å². The average Bonchev–Trinajstić information content (AvgIpc) is 2.72. The van der Waals surface area contributed by atoms with Crippen LogP contribution in [0.3, 0.4) is 0 Å². The Bertz CT molecular complexity index is 946. The zero-order chi connectivity index (χ0) is 19.8. The number of nitrogens with one attached hydrogen (secondary N) is 2. The van der Waals surface area contributed by atoms with E-state index in [1.165, 1.54) is 6.07 Å². The van der Waals surface area contributed by atoms with Crippen LogP contribution < -0.4 is 15.4 Å². The van der Waals surface area contributed by atoms with E-state index in [0.29, 0.717) is 19.0 Å². The van der Waals surface area contributed by atoms with Gasteiger partial charge >= 0.3 is 0 Å². The van der Waals surface area contributed by atoms with E-state index in [9.17, 15) is 4.39 Å². The second-order valence-electron chi connectivity index (χ2n) is 6.41. The summed E-state index contributed by atoms with van der Waals surface area (Å²) in [6, 6.07) is 16.5. The van der Waals surface area contributed by atoms with Crippen LogP contribution in [0, 0.1) is 5.82 Å². The first kappa shape index (κ1) is 22.9. The van der Waals surface area contributed by atoms with Crippen molar-refractivity contribution in [1.82, 2.24) is 15.6 Å². The Kier molecular flexibility index (Phi) is 9.11. The topological polar surface area (TPSA) is 58.5 Å². The molecule has 0 radical (unpaired) electrons. The van der Waals surface area contributed by atoms with Gasteiger partial charge in [0.05, 0.1) is 18.8 Å². The minimum Gasteiger partial charge on any atom is -0.486 e. The van der Waals surface area contributed by atoms with Crippen molar-refractivity contribution < 1.29 is 9.13 Å². The van der Waals surface area contributed by atoms with Gasteiger partial charge in [-0.25, -0.2) is 9.38 Å². The molecule has 2 N–H and O–H groups in total. The third kappa shape index (κ3) is 6.56. The molecule has 1 unspecified atom stereocenters. The van der Waals surface area contributed by atoms with Crippen LogP contribution in [0.1, 0.15) is 19.5 Å². The minimum atomic E-state index is -0.364. The SMILES string of the molecule is CCNC(=NCc1nccc2ccccc12)NCC(C)Oc1ccccc1F.I. The lowest BCUT2D eigenvalue weighted by molar-refractivity contribution is 0.214. The van der Waals surface area contributed by atoms with Crippen LogP contribution in [-0.4, -0.2) is 30.1 Å². The molecule has 0 aliphatic heterocycles. The maximum absolute atomic E-state index is 13.7. The number of halogens is 2. The summed E-state index contributed by atoms with van der Waals surface area (Å²) in [5, 5.41) is 8.70. The van der Waals surface area contributed by atoms with E-state index in [1.54, 1.807) is 24.4 Å². The maximum Gasteiger partial charge on any atom is 0.191 e. The van der Waals surface area contributed by atoms with Crippen LogP contribution in [0.2, 0.25) is 0 Å². The highest BCUT2D eigenvalue weighted by molar-refractivity contribution is 14.0. The first-order valence-electron chi connectivity index (χ1n) is 9.43. The van der Waals surface area contributed by atoms with Crippen LogP contribution in [0.5, 0.6) is 5.75 Å². The second kappa shape index (κ2) is 11.5. The third-order valence-corrected chi connectivity index (χ3v) is 4.21. The number of aliphatic imine (C=N–C) groups is 1. The molecular formula is C22H26FIN4O. The Morgan fingerprint density at radius 2 is 1.86 bits per heavy atom. The van der Waals surface area contributed by atoms with Crippen molar-refractivity contribution in [2.24, 2.45) is 4.99 Å². The molecule has 0 aliphatic rings. The van der Waals surface area contributed by atoms with E-state index in [2.05, 4.69) is 32.7 Å². The summed E-state index contributed by atoms with van der Waals surface area (Å²) in [5.74, 6) is 0.553. The van der Waals surface area contributed by atoms with Crippen LogP contribution >= 0.6 is 24.0 Å². The lowest BCUT2D eigenvalue weighted by atomic mass is 10.1. The number of ether oxygens (including phenoxy) is 1. The fourth-order valence-electron chi connectivity index (χ4n) is 2.84. The largest absolute Gasteiger partial charge is 0.486 e. The quantitative estimate of drug-likeness (QED) is 0.280. The number of para-hydroxylation sites is 1. The van der Waals surface area contributed by atoms with Gasteiger partial charge in [0.15, 0.2) is 17.5 Å². The van der Waals surface area contributed by atoms with Gasteiger partial charge in [-0.15, -0.1) is 24.0 Å². The molecule has 0 saturated carbocycles. The highest BCUT2D eigenvalue weighted by atomic mass is 127. The van der Waals surface area contributed by atoms with Crippen LogP contribution in [-0.2, 0) is 6.54 Å². The molecule has 0 fully saturated rings. The standard InChI is InChI=1S/C22H25FN4O.HI/c1-3-24-22(26-14-16(2)28-21-11-7-6-10-19(21)23)27-15-20-18-9-5-4-8-17(18)12-13-25-20;/h4-13,16H,3,14-15H2,1-2H3,(H2,24,26,27);1H. The van der Waals surface area contributed by atoms with Crippen molar-refractivity contribution in [3.05, 3.63) is 72.3 Å². The molecule has 0 spiro atoms. The van der Waals surface area contributed by atoms with Crippen molar-refractivity contribution in [2.75, 3.05) is 13.1 Å². The number of nitrogens with zero attached hydrogens (tertiary/aromatic N) is 2. The van der Waals surface area contributed by atoms with Crippen molar-refractivity contribution in [1.29, 1.82) is 0 Å². The molecule has 3 aromatic rings. The lowest BCUT2D eigenvalue weighted by Gasteiger charge is -2.18. The molecule has 0 aliphatic carbocycles. The van der Waals surface area contributed by atoms with Gasteiger partial charge in [0.1, 0.15) is 6.10 Å². The van der Waals surface area contributed by atoms with Gasteiger partial charge in [-0.05, 0) is 37.4 Å². The molecule has 5 nitrogen and oxygen atoms in total. The third-order valence-electron chi connectivity index (χ3n) is 4.21. The average molecular weight is 508 g/mol. The predicted octanol–water partition coefficient (Wildman–Crippen LogP) is 4.51. The van der Waals surface area contributed by atoms with Gasteiger partial charge in [0.25, 0.3) is 0 Å². The Balaban J connectivity index is 0.00000300. The van der Waals surface area contributed by atoms with Crippen molar-refractivity contribution in [2.45, 2.75) is 26.5 Å². The lowest BCUT2D eigenvalue weighted by Crippen LogP contribution is -2.41. The first-order valence-corrected chi connectivity index (χ1v) is 9.43. The predicted molar refractivity (Wildman–Crippen MR) is 126 cm³/mol. The molecule has 1 aromatic heterocycles. The fraction of sp³-hybridized carbons (Fsp3) is 0.273. The van der Waals surface area contributed by atoms with E-state index in [0.717, 1.165) is 23.0 Å². The second-order valence-corrected chi connectivity index (χ2v) is 6.41. The van der Waals surface area contributed by atoms with Gasteiger partial charge in [-0.2, -0.15) is 0 Å². The Hall–Kier alpha value is -2.42. The number of benzene rings is 2. The van der Waals surface area contributed by atoms with Gasteiger partial charge < -0.3 is 15.4 Å². The van der Waals surface area contributed by atoms with Gasteiger partial charge in [-0.1, -0.05) is 36.4 Å². The summed E-state index contributed by atoms with van der Waals surface area (Å²) < 4.78 is 19.4. The molecule has 7 heteroatoms. The highest BCUT2D eigenvalue weighted by Gasteiger charge is 2.09. The Morgan fingerprint density at radius 1 is 1.10 bits per heavy atom. The van der Waals surface area contributed by atoms with Crippen molar-refractivity contribution in [3.63, 3.8) is 0 Å². The number of fused-ring (bicyclic) bond motifs is 1. The van der Waals surface area contributed by atoms with Crippen molar-refractivity contribution in [3.8, 4) is 5.75 Å². The number of hydrogen-bond donors (Lipinski definition) is 2. The molecule has 1 atom stereocenters. The summed E-state index contributed by atoms with van der Waals surface area (Å²) in [4.78, 5) is 9.10. The maximum atomic E-state index is 13.7. The summed E-state index contributed by atoms with van der Waals surface area (Å²) in [7, 11) is 0. The first-order chi connectivity index (χ1) is 13.7. The number of hydrogen-bond acceptors (Lipinski definition) is 3. The van der Waals surface area contributed by atoms with E-state index in [4.69, 9.17) is 4.74 Å². The molecule has 2 aromatic carbocycles. The van der Waals surface area contributed by atoms with E-state index in [1.807, 2.05) is 32.0 Å². The van der Waals surface area contributed by atoms with Crippen LogP contribution in [0.4, 0.5) is 4.39 Å². The zero-order valence-electron chi connectivity index (χ0n) is 16.6. The molecule has 29 heavy (non-hydrogen) atoms. The molecule has 1 heterocycles. The summed E-state index contributed by atoms with van der Waals surface area (Å²) in [6.45, 7) is 5.57. The number of rotatable bonds is 7. The minimum absolute atomic E-state index is 0. The molecule has 154 valence electrons. The Labute approximate surface area is 187 Å². The highest BCUT2D eigenvalue weighted by Crippen LogP contribution is 2.17. The summed E-state index contributed by atoms with van der Waals surface area (Å²) in [6.07, 6.45) is 1.58. The molecule has 3 rings (SSSR count). The van der Waals surface area contributed by atoms with E-state index >= 15 is 0 Å². The molecule has 0 bridgehead atoms. The van der Waals surface area contributed by atoms with Gasteiger partial charge in [-0.3, -0.25) is 4.98 Å². The monoisotopic (exact) mass is 508 g/mol. The fourth-order valence-corrected chi connectivity index (χ4v) is 2.84. The van der Waals surface area contributed by atoms with Crippen molar-refractivity contribution >= 4 is 40.7 Å².